The maximum atomic E-state index is 6.51. The van der Waals surface area contributed by atoms with Gasteiger partial charge in [-0.25, -0.2) is 0 Å². The van der Waals surface area contributed by atoms with E-state index in [0.29, 0.717) is 10.0 Å². The summed E-state index contributed by atoms with van der Waals surface area (Å²) in [5.74, 6) is 0. The number of hydrogen-bond acceptors (Lipinski definition) is 3. The third-order valence-electron chi connectivity index (χ3n) is 4.21. The summed E-state index contributed by atoms with van der Waals surface area (Å²) in [4.78, 5) is 7.12. The highest BCUT2D eigenvalue weighted by Crippen LogP contribution is 2.34. The monoisotopic (exact) mass is 349 g/mol. The predicted octanol–water partition coefficient (Wildman–Crippen LogP) is 4.08. The first-order valence-electron chi connectivity index (χ1n) is 7.97. The average molecular weight is 350 g/mol. The number of halogens is 2. The molecule has 0 bridgehead atoms. The van der Waals surface area contributed by atoms with Crippen LogP contribution in [0, 0.1) is 6.92 Å². The van der Waals surface area contributed by atoms with Crippen molar-refractivity contribution >= 4 is 23.2 Å². The normalized spacial score (nSPS) is 17.7. The van der Waals surface area contributed by atoms with E-state index in [-0.39, 0.29) is 6.04 Å². The second-order valence-corrected chi connectivity index (χ2v) is 6.81. The molecule has 1 fully saturated rings. The van der Waals surface area contributed by atoms with Gasteiger partial charge >= 0.3 is 0 Å². The fraction of sp³-hybridized carbons (Fsp3) is 0.389. The molecule has 0 saturated carbocycles. The van der Waals surface area contributed by atoms with Gasteiger partial charge in [0.15, 0.2) is 0 Å². The lowest BCUT2D eigenvalue weighted by atomic mass is 10.0. The van der Waals surface area contributed by atoms with E-state index in [2.05, 4.69) is 34.3 Å². The minimum Gasteiger partial charge on any atom is -0.315 e. The van der Waals surface area contributed by atoms with Crippen LogP contribution in [0.2, 0.25) is 10.0 Å². The number of nitrogens with one attached hydrogen (secondary N) is 1. The van der Waals surface area contributed by atoms with Crippen LogP contribution in [0.15, 0.2) is 36.5 Å². The van der Waals surface area contributed by atoms with Gasteiger partial charge in [0.2, 0.25) is 0 Å². The van der Waals surface area contributed by atoms with Crippen LogP contribution < -0.4 is 5.32 Å². The van der Waals surface area contributed by atoms with Gasteiger partial charge in [0.25, 0.3) is 0 Å². The Hall–Kier alpha value is -1.13. The molecule has 3 nitrogen and oxygen atoms in total. The zero-order valence-corrected chi connectivity index (χ0v) is 14.7. The quantitative estimate of drug-likeness (QED) is 0.904. The molecule has 23 heavy (non-hydrogen) atoms. The lowest BCUT2D eigenvalue weighted by Crippen LogP contribution is -2.33. The molecule has 2 aromatic rings. The standard InChI is InChI=1S/C18H21Cl2N3/c1-13-3-6-17(22-12-13)18(23-9-2-7-21-8-10-23)15-5-4-14(19)11-16(15)20/h3-6,11-12,18,21H,2,7-10H2,1H3. The molecule has 1 N–H and O–H groups in total. The van der Waals surface area contributed by atoms with Crippen LogP contribution in [0.3, 0.4) is 0 Å². The highest BCUT2D eigenvalue weighted by atomic mass is 35.5. The molecule has 1 aromatic heterocycles. The van der Waals surface area contributed by atoms with Crippen LogP contribution in [0.5, 0.6) is 0 Å². The van der Waals surface area contributed by atoms with Gasteiger partial charge in [0.05, 0.1) is 11.7 Å². The van der Waals surface area contributed by atoms with E-state index in [9.17, 15) is 0 Å². The number of aromatic nitrogens is 1. The Morgan fingerprint density at radius 3 is 2.74 bits per heavy atom. The SMILES string of the molecule is Cc1ccc(C(c2ccc(Cl)cc2Cl)N2CCCNCC2)nc1. The predicted molar refractivity (Wildman–Crippen MR) is 96.3 cm³/mol. The van der Waals surface area contributed by atoms with Crippen LogP contribution in [-0.4, -0.2) is 36.1 Å². The first-order chi connectivity index (χ1) is 11.1. The van der Waals surface area contributed by atoms with Crippen molar-refractivity contribution in [1.82, 2.24) is 15.2 Å². The van der Waals surface area contributed by atoms with Gasteiger partial charge in [-0.05, 0) is 49.2 Å². The third-order valence-corrected chi connectivity index (χ3v) is 4.77. The zero-order valence-electron chi connectivity index (χ0n) is 13.2. The molecule has 1 aromatic carbocycles. The summed E-state index contributed by atoms with van der Waals surface area (Å²) in [5, 5.41) is 4.81. The highest BCUT2D eigenvalue weighted by molar-refractivity contribution is 6.35. The molecule has 0 aliphatic carbocycles. The second kappa shape index (κ2) is 7.63. The molecule has 3 rings (SSSR count). The van der Waals surface area contributed by atoms with Gasteiger partial charge in [-0.15, -0.1) is 0 Å². The second-order valence-electron chi connectivity index (χ2n) is 5.97. The fourth-order valence-electron chi connectivity index (χ4n) is 3.03. The van der Waals surface area contributed by atoms with E-state index >= 15 is 0 Å². The van der Waals surface area contributed by atoms with E-state index in [1.165, 1.54) is 0 Å². The third kappa shape index (κ3) is 4.04. The van der Waals surface area contributed by atoms with Crippen LogP contribution in [-0.2, 0) is 0 Å². The summed E-state index contributed by atoms with van der Waals surface area (Å²) >= 11 is 12.6. The zero-order chi connectivity index (χ0) is 16.2. The van der Waals surface area contributed by atoms with Crippen molar-refractivity contribution in [3.05, 3.63) is 63.4 Å². The van der Waals surface area contributed by atoms with Gasteiger partial charge in [-0.3, -0.25) is 9.88 Å². The first kappa shape index (κ1) is 16.7. The van der Waals surface area contributed by atoms with Crippen molar-refractivity contribution in [3.63, 3.8) is 0 Å². The van der Waals surface area contributed by atoms with E-state index in [0.717, 1.165) is 49.4 Å². The van der Waals surface area contributed by atoms with Crippen LogP contribution >= 0.6 is 23.2 Å². The van der Waals surface area contributed by atoms with Crippen LogP contribution in [0.4, 0.5) is 0 Å². The average Bonchev–Trinajstić information content (AvgIpc) is 2.81. The molecule has 1 unspecified atom stereocenters. The van der Waals surface area contributed by atoms with Gasteiger partial charge in [0.1, 0.15) is 0 Å². The van der Waals surface area contributed by atoms with Crippen molar-refractivity contribution in [2.75, 3.05) is 26.2 Å². The minimum absolute atomic E-state index is 0.0558. The Bertz CT molecular complexity index is 650. The molecule has 122 valence electrons. The van der Waals surface area contributed by atoms with E-state index in [1.807, 2.05) is 24.4 Å². The molecular weight excluding hydrogens is 329 g/mol. The lowest BCUT2D eigenvalue weighted by molar-refractivity contribution is 0.237. The number of rotatable bonds is 3. The molecule has 0 amide bonds. The Labute approximate surface area is 147 Å². The number of aryl methyl sites for hydroxylation is 1. The largest absolute Gasteiger partial charge is 0.315 e. The summed E-state index contributed by atoms with van der Waals surface area (Å²) in [5.41, 5.74) is 3.25. The number of hydrogen-bond donors (Lipinski definition) is 1. The minimum atomic E-state index is 0.0558. The first-order valence-corrected chi connectivity index (χ1v) is 8.73. The summed E-state index contributed by atoms with van der Waals surface area (Å²) in [6.45, 7) is 6.08. The summed E-state index contributed by atoms with van der Waals surface area (Å²) in [6.07, 6.45) is 3.04. The number of nitrogens with zero attached hydrogens (tertiary/aromatic N) is 2. The fourth-order valence-corrected chi connectivity index (χ4v) is 3.54. The van der Waals surface area contributed by atoms with Crippen molar-refractivity contribution in [1.29, 1.82) is 0 Å². The van der Waals surface area contributed by atoms with Crippen molar-refractivity contribution < 1.29 is 0 Å². The molecule has 1 aliphatic heterocycles. The Morgan fingerprint density at radius 1 is 1.13 bits per heavy atom. The maximum Gasteiger partial charge on any atom is 0.0791 e. The number of benzene rings is 1. The summed E-state index contributed by atoms with van der Waals surface area (Å²) < 4.78 is 0. The van der Waals surface area contributed by atoms with Crippen LogP contribution in [0.25, 0.3) is 0 Å². The van der Waals surface area contributed by atoms with Crippen molar-refractivity contribution in [3.8, 4) is 0 Å². The molecule has 2 heterocycles. The van der Waals surface area contributed by atoms with Gasteiger partial charge in [-0.2, -0.15) is 0 Å². The number of pyridine rings is 1. The Kier molecular flexibility index (Phi) is 5.54. The molecule has 1 atom stereocenters. The summed E-state index contributed by atoms with van der Waals surface area (Å²) in [7, 11) is 0. The maximum absolute atomic E-state index is 6.51. The van der Waals surface area contributed by atoms with E-state index < -0.39 is 0 Å². The van der Waals surface area contributed by atoms with Gasteiger partial charge in [-0.1, -0.05) is 35.3 Å². The molecular formula is C18H21Cl2N3. The topological polar surface area (TPSA) is 28.2 Å². The van der Waals surface area contributed by atoms with E-state index in [4.69, 9.17) is 23.2 Å². The molecule has 1 aliphatic rings. The highest BCUT2D eigenvalue weighted by Gasteiger charge is 2.26. The van der Waals surface area contributed by atoms with Gasteiger partial charge < -0.3 is 5.32 Å². The van der Waals surface area contributed by atoms with Crippen LogP contribution in [0.1, 0.15) is 29.3 Å². The molecule has 5 heteroatoms. The molecule has 1 saturated heterocycles. The summed E-state index contributed by atoms with van der Waals surface area (Å²) in [6, 6.07) is 10.0. The smallest absolute Gasteiger partial charge is 0.0791 e. The Balaban J connectivity index is 2.03. The lowest BCUT2D eigenvalue weighted by Gasteiger charge is -2.31. The molecule has 0 spiro atoms. The van der Waals surface area contributed by atoms with Crippen molar-refractivity contribution in [2.24, 2.45) is 0 Å². The van der Waals surface area contributed by atoms with Gasteiger partial charge in [0, 0.05) is 35.9 Å². The Morgan fingerprint density at radius 2 is 2.00 bits per heavy atom. The molecule has 0 radical (unpaired) electrons. The van der Waals surface area contributed by atoms with E-state index in [1.54, 1.807) is 0 Å². The van der Waals surface area contributed by atoms with Crippen molar-refractivity contribution in [2.45, 2.75) is 19.4 Å².